The molecule has 0 saturated carbocycles. The van der Waals surface area contributed by atoms with E-state index in [1.165, 1.54) is 6.07 Å². The van der Waals surface area contributed by atoms with Crippen LogP contribution < -0.4 is 5.73 Å². The average molecular weight is 277 g/mol. The van der Waals surface area contributed by atoms with E-state index >= 15 is 0 Å². The number of hydrogen-bond donors (Lipinski definition) is 2. The lowest BCUT2D eigenvalue weighted by Gasteiger charge is -1.94. The molecule has 0 unspecified atom stereocenters. The van der Waals surface area contributed by atoms with Crippen molar-refractivity contribution in [1.82, 2.24) is 10.2 Å². The zero-order chi connectivity index (χ0) is 8.72. The number of H-pyrrole nitrogens is 1. The fourth-order valence-electron chi connectivity index (χ4n) is 1.08. The first-order valence-electron chi connectivity index (χ1n) is 3.27. The van der Waals surface area contributed by atoms with Gasteiger partial charge in [-0.05, 0) is 34.7 Å². The van der Waals surface area contributed by atoms with Crippen LogP contribution in [0.4, 0.5) is 10.2 Å². The number of hydrogen-bond acceptors (Lipinski definition) is 2. The molecular weight excluding hydrogens is 272 g/mol. The van der Waals surface area contributed by atoms with Crippen LogP contribution in [0.1, 0.15) is 0 Å². The number of nitrogens with two attached hydrogens (primary N) is 1. The monoisotopic (exact) mass is 277 g/mol. The van der Waals surface area contributed by atoms with Crippen LogP contribution in [-0.4, -0.2) is 10.2 Å². The predicted molar refractivity (Wildman–Crippen MR) is 53.2 cm³/mol. The maximum absolute atomic E-state index is 13.0. The molecule has 62 valence electrons. The molecule has 0 radical (unpaired) electrons. The summed E-state index contributed by atoms with van der Waals surface area (Å²) >= 11 is 2.09. The molecular formula is C7H5FIN3. The fourth-order valence-corrected chi connectivity index (χ4v) is 1.81. The Balaban J connectivity index is 2.98. The molecule has 0 saturated heterocycles. The minimum Gasteiger partial charge on any atom is -0.382 e. The van der Waals surface area contributed by atoms with Crippen molar-refractivity contribution in [3.63, 3.8) is 0 Å². The molecule has 5 heteroatoms. The highest BCUT2D eigenvalue weighted by atomic mass is 127. The number of halogens is 2. The number of benzene rings is 1. The number of nitrogen functional groups attached to an aromatic ring is 1. The summed E-state index contributed by atoms with van der Waals surface area (Å²) < 4.78 is 13.9. The molecule has 1 aromatic heterocycles. The van der Waals surface area contributed by atoms with Gasteiger partial charge in [0.25, 0.3) is 0 Å². The second kappa shape index (κ2) is 2.58. The minimum atomic E-state index is -0.324. The van der Waals surface area contributed by atoms with Crippen molar-refractivity contribution in [2.24, 2.45) is 0 Å². The highest BCUT2D eigenvalue weighted by Crippen LogP contribution is 2.25. The Kier molecular flexibility index (Phi) is 1.67. The molecule has 2 aromatic rings. The van der Waals surface area contributed by atoms with E-state index in [0.29, 0.717) is 16.7 Å². The van der Waals surface area contributed by atoms with Crippen LogP contribution in [0.2, 0.25) is 0 Å². The maximum atomic E-state index is 13.0. The van der Waals surface area contributed by atoms with Gasteiger partial charge in [-0.25, -0.2) is 4.39 Å². The summed E-state index contributed by atoms with van der Waals surface area (Å²) in [5.74, 6) is 0.0171. The molecule has 1 aromatic carbocycles. The van der Waals surface area contributed by atoms with Crippen LogP contribution >= 0.6 is 22.6 Å². The smallest absolute Gasteiger partial charge is 0.154 e. The third kappa shape index (κ3) is 0.961. The Bertz CT molecular complexity index is 437. The zero-order valence-corrected chi connectivity index (χ0v) is 8.09. The van der Waals surface area contributed by atoms with E-state index in [0.717, 1.165) is 3.57 Å². The van der Waals surface area contributed by atoms with Crippen LogP contribution in [0, 0.1) is 9.39 Å². The van der Waals surface area contributed by atoms with Crippen molar-refractivity contribution < 1.29 is 4.39 Å². The number of anilines is 1. The zero-order valence-electron chi connectivity index (χ0n) is 5.94. The van der Waals surface area contributed by atoms with E-state index in [1.807, 2.05) is 0 Å². The number of aromatic nitrogens is 2. The van der Waals surface area contributed by atoms with Gasteiger partial charge in [-0.15, -0.1) is 0 Å². The number of fused-ring (bicyclic) bond motifs is 1. The van der Waals surface area contributed by atoms with Crippen molar-refractivity contribution >= 4 is 39.3 Å². The molecule has 0 aliphatic heterocycles. The van der Waals surface area contributed by atoms with E-state index in [-0.39, 0.29) is 5.82 Å². The third-order valence-electron chi connectivity index (χ3n) is 1.65. The summed E-state index contributed by atoms with van der Waals surface area (Å²) in [6, 6.07) is 3.06. The minimum absolute atomic E-state index is 0.324. The van der Waals surface area contributed by atoms with Crippen molar-refractivity contribution in [2.45, 2.75) is 0 Å². The predicted octanol–water partition coefficient (Wildman–Crippen LogP) is 1.89. The molecule has 0 amide bonds. The number of nitrogens with zero attached hydrogens (tertiary/aromatic N) is 1. The number of rotatable bonds is 0. The Morgan fingerprint density at radius 1 is 1.50 bits per heavy atom. The highest BCUT2D eigenvalue weighted by Gasteiger charge is 2.09. The van der Waals surface area contributed by atoms with Gasteiger partial charge in [-0.3, -0.25) is 5.10 Å². The van der Waals surface area contributed by atoms with Crippen LogP contribution in [0.5, 0.6) is 0 Å². The van der Waals surface area contributed by atoms with Gasteiger partial charge in [0.05, 0.1) is 5.39 Å². The van der Waals surface area contributed by atoms with Crippen molar-refractivity contribution in [3.8, 4) is 0 Å². The largest absolute Gasteiger partial charge is 0.382 e. The van der Waals surface area contributed by atoms with E-state index in [9.17, 15) is 4.39 Å². The molecule has 0 fully saturated rings. The summed E-state index contributed by atoms with van der Waals surface area (Å²) in [6.07, 6.45) is 0. The number of aromatic amines is 1. The van der Waals surface area contributed by atoms with Crippen LogP contribution in [0.15, 0.2) is 12.1 Å². The Morgan fingerprint density at radius 2 is 2.25 bits per heavy atom. The molecule has 0 atom stereocenters. The van der Waals surface area contributed by atoms with E-state index in [4.69, 9.17) is 5.73 Å². The lowest BCUT2D eigenvalue weighted by Crippen LogP contribution is -1.86. The first-order chi connectivity index (χ1) is 5.70. The van der Waals surface area contributed by atoms with Crippen LogP contribution in [0.25, 0.3) is 10.9 Å². The van der Waals surface area contributed by atoms with Gasteiger partial charge >= 0.3 is 0 Å². The molecule has 1 heterocycles. The van der Waals surface area contributed by atoms with E-state index < -0.39 is 0 Å². The molecule has 12 heavy (non-hydrogen) atoms. The summed E-state index contributed by atoms with van der Waals surface area (Å²) in [4.78, 5) is 0. The first-order valence-corrected chi connectivity index (χ1v) is 4.35. The lowest BCUT2D eigenvalue weighted by atomic mass is 10.2. The van der Waals surface area contributed by atoms with E-state index in [1.54, 1.807) is 6.07 Å². The van der Waals surface area contributed by atoms with E-state index in [2.05, 4.69) is 32.8 Å². The second-order valence-electron chi connectivity index (χ2n) is 2.39. The third-order valence-corrected chi connectivity index (χ3v) is 2.55. The number of nitrogens with one attached hydrogen (secondary N) is 1. The molecule has 3 nitrogen and oxygen atoms in total. The summed E-state index contributed by atoms with van der Waals surface area (Å²) in [7, 11) is 0. The van der Waals surface area contributed by atoms with Crippen molar-refractivity contribution in [3.05, 3.63) is 21.5 Å². The Labute approximate surface area is 81.3 Å². The molecule has 3 N–H and O–H groups in total. The summed E-state index contributed by atoms with van der Waals surface area (Å²) in [6.45, 7) is 0. The average Bonchev–Trinajstić information content (AvgIpc) is 2.42. The molecule has 0 aliphatic rings. The standard InChI is InChI=1S/C7H5FIN3/c8-3-1-2-4(9)5-6(3)11-12-7(5)10/h1-2H,(H3,10,11,12). The van der Waals surface area contributed by atoms with Gasteiger partial charge in [0, 0.05) is 3.57 Å². The van der Waals surface area contributed by atoms with Crippen LogP contribution in [-0.2, 0) is 0 Å². The van der Waals surface area contributed by atoms with Gasteiger partial charge < -0.3 is 5.73 Å². The SMILES string of the molecule is Nc1n[nH]c2c(F)ccc(I)c12. The molecule has 2 rings (SSSR count). The van der Waals surface area contributed by atoms with Crippen molar-refractivity contribution in [1.29, 1.82) is 0 Å². The molecule has 0 spiro atoms. The lowest BCUT2D eigenvalue weighted by molar-refractivity contribution is 0.636. The maximum Gasteiger partial charge on any atom is 0.154 e. The van der Waals surface area contributed by atoms with Crippen LogP contribution in [0.3, 0.4) is 0 Å². The van der Waals surface area contributed by atoms with Gasteiger partial charge in [0.15, 0.2) is 5.82 Å². The Hall–Kier alpha value is -0.850. The summed E-state index contributed by atoms with van der Waals surface area (Å²) in [5, 5.41) is 6.93. The van der Waals surface area contributed by atoms with Gasteiger partial charge in [0.2, 0.25) is 0 Å². The van der Waals surface area contributed by atoms with Crippen molar-refractivity contribution in [2.75, 3.05) is 5.73 Å². The van der Waals surface area contributed by atoms with Gasteiger partial charge in [-0.2, -0.15) is 5.10 Å². The fraction of sp³-hybridized carbons (Fsp3) is 0. The first kappa shape index (κ1) is 7.78. The molecule has 0 bridgehead atoms. The summed E-state index contributed by atoms with van der Waals surface area (Å²) in [5.41, 5.74) is 5.91. The topological polar surface area (TPSA) is 54.7 Å². The van der Waals surface area contributed by atoms with Gasteiger partial charge in [0.1, 0.15) is 11.3 Å². The van der Waals surface area contributed by atoms with Gasteiger partial charge in [-0.1, -0.05) is 0 Å². The Morgan fingerprint density at radius 3 is 2.92 bits per heavy atom. The highest BCUT2D eigenvalue weighted by molar-refractivity contribution is 14.1. The quantitative estimate of drug-likeness (QED) is 0.722. The molecule has 0 aliphatic carbocycles. The second-order valence-corrected chi connectivity index (χ2v) is 3.55. The normalized spacial score (nSPS) is 10.8.